The molecule has 0 aliphatic carbocycles. The van der Waals surface area contributed by atoms with Crippen LogP contribution in [0.1, 0.15) is 16.1 Å². The van der Waals surface area contributed by atoms with Crippen LogP contribution < -0.4 is 4.74 Å². The van der Waals surface area contributed by atoms with Gasteiger partial charge in [0.1, 0.15) is 11.4 Å². The van der Waals surface area contributed by atoms with Crippen LogP contribution in [0.3, 0.4) is 0 Å². The number of ether oxygens (including phenoxy) is 2. The first-order valence-electron chi connectivity index (χ1n) is 7.76. The van der Waals surface area contributed by atoms with Gasteiger partial charge in [0.25, 0.3) is 5.91 Å². The molecule has 4 heterocycles. The number of pyridine rings is 1. The van der Waals surface area contributed by atoms with Gasteiger partial charge in [-0.25, -0.2) is 0 Å². The van der Waals surface area contributed by atoms with E-state index in [1.54, 1.807) is 12.4 Å². The fraction of sp³-hybridized carbons (Fsp3) is 0.412. The van der Waals surface area contributed by atoms with Crippen LogP contribution in [0.2, 0.25) is 0 Å². The number of aromatic nitrogens is 1. The standard InChI is InChI=1S/C17H18N2O3S/c20-16(15-4-2-8-23-15)19-11-17(12-19)13(5-7-22-17)10-21-14-3-1-6-18-9-14/h1-4,6,8-9,13H,5,7,10-12H2/t13-/m1/s1. The predicted molar refractivity (Wildman–Crippen MR) is 86.7 cm³/mol. The lowest BCUT2D eigenvalue weighted by Gasteiger charge is -2.49. The van der Waals surface area contributed by atoms with Crippen molar-refractivity contribution >= 4 is 17.2 Å². The van der Waals surface area contributed by atoms with Crippen molar-refractivity contribution in [3.8, 4) is 5.75 Å². The molecule has 2 saturated heterocycles. The summed E-state index contributed by atoms with van der Waals surface area (Å²) in [6, 6.07) is 7.55. The monoisotopic (exact) mass is 330 g/mol. The molecule has 4 rings (SSSR count). The number of hydrogen-bond acceptors (Lipinski definition) is 5. The van der Waals surface area contributed by atoms with Crippen molar-refractivity contribution in [1.29, 1.82) is 0 Å². The Labute approximate surface area is 138 Å². The van der Waals surface area contributed by atoms with E-state index in [-0.39, 0.29) is 11.5 Å². The van der Waals surface area contributed by atoms with E-state index in [0.29, 0.717) is 25.6 Å². The van der Waals surface area contributed by atoms with Gasteiger partial charge >= 0.3 is 0 Å². The normalized spacial score (nSPS) is 22.1. The maximum absolute atomic E-state index is 12.4. The lowest BCUT2D eigenvalue weighted by Crippen LogP contribution is -2.66. The zero-order valence-electron chi connectivity index (χ0n) is 12.7. The number of nitrogens with zero attached hydrogens (tertiary/aromatic N) is 2. The highest BCUT2D eigenvalue weighted by atomic mass is 32.1. The smallest absolute Gasteiger partial charge is 0.264 e. The summed E-state index contributed by atoms with van der Waals surface area (Å²) in [4.78, 5) is 19.1. The van der Waals surface area contributed by atoms with Crippen LogP contribution in [0.25, 0.3) is 0 Å². The number of carbonyl (C=O) groups excluding carboxylic acids is 1. The molecular weight excluding hydrogens is 312 g/mol. The molecule has 0 bridgehead atoms. The molecule has 2 fully saturated rings. The van der Waals surface area contributed by atoms with Crippen LogP contribution in [0.15, 0.2) is 42.0 Å². The number of amides is 1. The molecule has 5 nitrogen and oxygen atoms in total. The van der Waals surface area contributed by atoms with Crippen molar-refractivity contribution in [2.75, 3.05) is 26.3 Å². The summed E-state index contributed by atoms with van der Waals surface area (Å²) in [5, 5.41) is 1.93. The molecule has 0 N–H and O–H groups in total. The summed E-state index contributed by atoms with van der Waals surface area (Å²) in [5.41, 5.74) is -0.227. The maximum atomic E-state index is 12.4. The number of rotatable bonds is 4. The third kappa shape index (κ3) is 2.72. The molecule has 0 radical (unpaired) electrons. The fourth-order valence-corrected chi connectivity index (χ4v) is 3.99. The first-order valence-corrected chi connectivity index (χ1v) is 8.64. The zero-order chi connectivity index (χ0) is 15.7. The Morgan fingerprint density at radius 1 is 1.43 bits per heavy atom. The summed E-state index contributed by atoms with van der Waals surface area (Å²) in [5.74, 6) is 1.20. The highest BCUT2D eigenvalue weighted by Crippen LogP contribution is 2.40. The average Bonchev–Trinajstić information content (AvgIpc) is 3.21. The molecule has 0 unspecified atom stereocenters. The van der Waals surface area contributed by atoms with Crippen LogP contribution >= 0.6 is 11.3 Å². The molecule has 0 saturated carbocycles. The zero-order valence-corrected chi connectivity index (χ0v) is 13.5. The van der Waals surface area contributed by atoms with Crippen LogP contribution in [-0.2, 0) is 4.74 Å². The lowest BCUT2D eigenvalue weighted by atomic mass is 9.81. The van der Waals surface area contributed by atoms with E-state index >= 15 is 0 Å². The number of hydrogen-bond donors (Lipinski definition) is 0. The van der Waals surface area contributed by atoms with E-state index in [9.17, 15) is 4.79 Å². The second kappa shape index (κ2) is 5.94. The Morgan fingerprint density at radius 2 is 2.35 bits per heavy atom. The molecule has 2 aromatic heterocycles. The molecule has 2 aliphatic heterocycles. The van der Waals surface area contributed by atoms with Crippen molar-refractivity contribution < 1.29 is 14.3 Å². The summed E-state index contributed by atoms with van der Waals surface area (Å²) >= 11 is 1.48. The first kappa shape index (κ1) is 14.7. The van der Waals surface area contributed by atoms with Gasteiger partial charge in [-0.3, -0.25) is 9.78 Å². The Kier molecular flexibility index (Phi) is 3.79. The second-order valence-electron chi connectivity index (χ2n) is 6.04. The largest absolute Gasteiger partial charge is 0.492 e. The molecule has 2 aliphatic rings. The Hall–Kier alpha value is -1.92. The summed E-state index contributed by atoms with van der Waals surface area (Å²) in [7, 11) is 0. The quantitative estimate of drug-likeness (QED) is 0.864. The minimum Gasteiger partial charge on any atom is -0.492 e. The maximum Gasteiger partial charge on any atom is 0.264 e. The van der Waals surface area contributed by atoms with Crippen molar-refractivity contribution in [1.82, 2.24) is 9.88 Å². The third-order valence-corrected chi connectivity index (χ3v) is 5.48. The highest BCUT2D eigenvalue weighted by Gasteiger charge is 2.54. The van der Waals surface area contributed by atoms with Crippen molar-refractivity contribution in [2.45, 2.75) is 12.0 Å². The molecule has 120 valence electrons. The Balaban J connectivity index is 1.36. The lowest BCUT2D eigenvalue weighted by molar-refractivity contribution is -0.122. The van der Waals surface area contributed by atoms with Gasteiger partial charge in [0.15, 0.2) is 0 Å². The second-order valence-corrected chi connectivity index (χ2v) is 6.98. The Morgan fingerprint density at radius 3 is 3.09 bits per heavy atom. The fourth-order valence-electron chi connectivity index (χ4n) is 3.30. The van der Waals surface area contributed by atoms with E-state index in [2.05, 4.69) is 4.98 Å². The topological polar surface area (TPSA) is 51.7 Å². The van der Waals surface area contributed by atoms with E-state index in [4.69, 9.17) is 9.47 Å². The van der Waals surface area contributed by atoms with E-state index < -0.39 is 0 Å². The van der Waals surface area contributed by atoms with Crippen LogP contribution in [0, 0.1) is 5.92 Å². The molecule has 0 aromatic carbocycles. The van der Waals surface area contributed by atoms with E-state index in [1.807, 2.05) is 34.5 Å². The molecule has 2 aromatic rings. The molecular formula is C17H18N2O3S. The summed E-state index contributed by atoms with van der Waals surface area (Å²) in [6.45, 7) is 2.66. The minimum atomic E-state index is -0.227. The molecule has 23 heavy (non-hydrogen) atoms. The SMILES string of the molecule is O=C(c1cccs1)N1CC2(C1)OCC[C@@H]2COc1cccnc1. The minimum absolute atomic E-state index is 0.105. The summed E-state index contributed by atoms with van der Waals surface area (Å²) in [6.07, 6.45) is 4.42. The molecule has 1 spiro atoms. The number of likely N-dealkylation sites (tertiary alicyclic amines) is 1. The van der Waals surface area contributed by atoms with Gasteiger partial charge in [-0.05, 0) is 30.0 Å². The van der Waals surface area contributed by atoms with Gasteiger partial charge in [0.05, 0.1) is 30.8 Å². The number of thiophene rings is 1. The van der Waals surface area contributed by atoms with Crippen molar-refractivity contribution in [3.63, 3.8) is 0 Å². The predicted octanol–water partition coefficient (Wildman–Crippen LogP) is 2.45. The molecule has 1 amide bonds. The van der Waals surface area contributed by atoms with Gasteiger partial charge in [-0.2, -0.15) is 0 Å². The van der Waals surface area contributed by atoms with Crippen LogP contribution in [0.5, 0.6) is 5.75 Å². The van der Waals surface area contributed by atoms with Gasteiger partial charge < -0.3 is 14.4 Å². The first-order chi connectivity index (χ1) is 11.3. The van der Waals surface area contributed by atoms with E-state index in [0.717, 1.165) is 23.7 Å². The average molecular weight is 330 g/mol. The van der Waals surface area contributed by atoms with E-state index in [1.165, 1.54) is 11.3 Å². The van der Waals surface area contributed by atoms with Crippen LogP contribution in [0.4, 0.5) is 0 Å². The van der Waals surface area contributed by atoms with Crippen molar-refractivity contribution in [3.05, 3.63) is 46.9 Å². The summed E-state index contributed by atoms with van der Waals surface area (Å²) < 4.78 is 11.8. The van der Waals surface area contributed by atoms with Gasteiger partial charge in [-0.1, -0.05) is 6.07 Å². The van der Waals surface area contributed by atoms with Gasteiger partial charge in [0.2, 0.25) is 0 Å². The van der Waals surface area contributed by atoms with Gasteiger partial charge in [-0.15, -0.1) is 11.3 Å². The number of carbonyl (C=O) groups is 1. The third-order valence-electron chi connectivity index (χ3n) is 4.62. The van der Waals surface area contributed by atoms with Crippen LogP contribution in [-0.4, -0.2) is 47.7 Å². The van der Waals surface area contributed by atoms with Gasteiger partial charge in [0, 0.05) is 18.7 Å². The highest BCUT2D eigenvalue weighted by molar-refractivity contribution is 7.12. The molecule has 1 atom stereocenters. The Bertz CT molecular complexity index is 668. The van der Waals surface area contributed by atoms with Crippen molar-refractivity contribution in [2.24, 2.45) is 5.92 Å². The molecule has 6 heteroatoms.